The predicted octanol–water partition coefficient (Wildman–Crippen LogP) is 4.25. The Bertz CT molecular complexity index is 956. The summed E-state index contributed by atoms with van der Waals surface area (Å²) in [7, 11) is 0. The standard InChI is InChI=1S/C22H25N3O4S/c1-5-28-20(26)17-13(3)24-14(4)18(21(27)29-6-2)19(17)15-9-7-8-10-16(15)25-22-23-11-12-30-22/h7-12,19,24H,5-6H2,1-4H3,(H,23,25). The van der Waals surface area contributed by atoms with Crippen LogP contribution in [-0.2, 0) is 19.1 Å². The first-order valence-electron chi connectivity index (χ1n) is 9.76. The molecule has 2 heterocycles. The number of nitrogens with one attached hydrogen (secondary N) is 2. The summed E-state index contributed by atoms with van der Waals surface area (Å²) >= 11 is 1.46. The Balaban J connectivity index is 2.18. The lowest BCUT2D eigenvalue weighted by Gasteiger charge is -2.31. The van der Waals surface area contributed by atoms with Crippen molar-refractivity contribution in [3.63, 3.8) is 0 Å². The predicted molar refractivity (Wildman–Crippen MR) is 116 cm³/mol. The van der Waals surface area contributed by atoms with Crippen molar-refractivity contribution >= 4 is 34.1 Å². The molecule has 0 saturated heterocycles. The molecule has 158 valence electrons. The van der Waals surface area contributed by atoms with Gasteiger partial charge in [-0.2, -0.15) is 0 Å². The highest BCUT2D eigenvalue weighted by molar-refractivity contribution is 7.13. The van der Waals surface area contributed by atoms with Crippen LogP contribution in [0.25, 0.3) is 0 Å². The largest absolute Gasteiger partial charge is 0.463 e. The zero-order valence-corrected chi connectivity index (χ0v) is 18.3. The summed E-state index contributed by atoms with van der Waals surface area (Å²) in [6.45, 7) is 7.59. The van der Waals surface area contributed by atoms with E-state index in [4.69, 9.17) is 9.47 Å². The van der Waals surface area contributed by atoms with Crippen molar-refractivity contribution in [2.24, 2.45) is 0 Å². The maximum Gasteiger partial charge on any atom is 0.336 e. The van der Waals surface area contributed by atoms with E-state index in [0.717, 1.165) is 11.3 Å². The van der Waals surface area contributed by atoms with Crippen LogP contribution in [-0.4, -0.2) is 30.1 Å². The van der Waals surface area contributed by atoms with Crippen molar-refractivity contribution in [1.82, 2.24) is 10.3 Å². The molecule has 2 aromatic rings. The van der Waals surface area contributed by atoms with Crippen LogP contribution < -0.4 is 10.6 Å². The molecule has 1 aliphatic heterocycles. The molecule has 2 N–H and O–H groups in total. The van der Waals surface area contributed by atoms with E-state index in [1.807, 2.05) is 43.5 Å². The van der Waals surface area contributed by atoms with Gasteiger partial charge in [0.25, 0.3) is 0 Å². The van der Waals surface area contributed by atoms with Gasteiger partial charge in [0.05, 0.1) is 30.3 Å². The van der Waals surface area contributed by atoms with Gasteiger partial charge in [0.1, 0.15) is 0 Å². The molecular formula is C22H25N3O4S. The minimum Gasteiger partial charge on any atom is -0.463 e. The van der Waals surface area contributed by atoms with Gasteiger partial charge in [0, 0.05) is 28.7 Å². The van der Waals surface area contributed by atoms with E-state index in [-0.39, 0.29) is 13.2 Å². The number of nitrogens with zero attached hydrogens (tertiary/aromatic N) is 1. The smallest absolute Gasteiger partial charge is 0.336 e. The minimum absolute atomic E-state index is 0.235. The summed E-state index contributed by atoms with van der Waals surface area (Å²) < 4.78 is 10.7. The number of ether oxygens (including phenoxy) is 2. The van der Waals surface area contributed by atoms with E-state index < -0.39 is 17.9 Å². The summed E-state index contributed by atoms with van der Waals surface area (Å²) in [5.74, 6) is -1.58. The summed E-state index contributed by atoms with van der Waals surface area (Å²) in [4.78, 5) is 30.1. The van der Waals surface area contributed by atoms with Gasteiger partial charge in [-0.1, -0.05) is 18.2 Å². The fourth-order valence-electron chi connectivity index (χ4n) is 3.53. The number of allylic oxidation sites excluding steroid dienone is 2. The van der Waals surface area contributed by atoms with E-state index in [9.17, 15) is 9.59 Å². The summed E-state index contributed by atoms with van der Waals surface area (Å²) in [6, 6.07) is 7.56. The molecular weight excluding hydrogens is 402 g/mol. The molecule has 0 fully saturated rings. The van der Waals surface area contributed by atoms with Crippen molar-refractivity contribution in [2.45, 2.75) is 33.6 Å². The molecule has 0 bridgehead atoms. The third-order valence-electron chi connectivity index (χ3n) is 4.70. The van der Waals surface area contributed by atoms with Gasteiger partial charge in [-0.15, -0.1) is 11.3 Å². The van der Waals surface area contributed by atoms with Gasteiger partial charge >= 0.3 is 11.9 Å². The Kier molecular flexibility index (Phi) is 6.89. The molecule has 0 radical (unpaired) electrons. The first-order chi connectivity index (χ1) is 14.5. The first-order valence-corrected chi connectivity index (χ1v) is 10.6. The van der Waals surface area contributed by atoms with Crippen LogP contribution in [0.4, 0.5) is 10.8 Å². The Labute approximate surface area is 179 Å². The molecule has 0 amide bonds. The second-order valence-electron chi connectivity index (χ2n) is 6.63. The van der Waals surface area contributed by atoms with Crippen molar-refractivity contribution < 1.29 is 19.1 Å². The Morgan fingerprint density at radius 1 is 1.07 bits per heavy atom. The summed E-state index contributed by atoms with van der Waals surface area (Å²) in [6.07, 6.45) is 1.71. The molecule has 0 atom stereocenters. The van der Waals surface area contributed by atoms with E-state index in [1.165, 1.54) is 11.3 Å². The summed E-state index contributed by atoms with van der Waals surface area (Å²) in [5.41, 5.74) is 3.58. The van der Waals surface area contributed by atoms with Crippen LogP contribution >= 0.6 is 11.3 Å². The van der Waals surface area contributed by atoms with Gasteiger partial charge in [0.15, 0.2) is 5.13 Å². The molecule has 0 aliphatic carbocycles. The molecule has 0 unspecified atom stereocenters. The van der Waals surface area contributed by atoms with Gasteiger partial charge in [-0.3, -0.25) is 0 Å². The number of esters is 2. The number of hydrogen-bond donors (Lipinski definition) is 2. The number of anilines is 2. The lowest BCUT2D eigenvalue weighted by molar-refractivity contribution is -0.139. The highest BCUT2D eigenvalue weighted by Gasteiger charge is 2.39. The molecule has 0 spiro atoms. The Morgan fingerprint density at radius 2 is 1.67 bits per heavy atom. The minimum atomic E-state index is -0.645. The van der Waals surface area contributed by atoms with Crippen molar-refractivity contribution in [1.29, 1.82) is 0 Å². The topological polar surface area (TPSA) is 89.5 Å². The molecule has 1 aromatic carbocycles. The number of thiazole rings is 1. The number of aromatic nitrogens is 1. The number of benzene rings is 1. The summed E-state index contributed by atoms with van der Waals surface area (Å²) in [5, 5.41) is 9.04. The quantitative estimate of drug-likeness (QED) is 0.639. The van der Waals surface area contributed by atoms with Gasteiger partial charge in [-0.05, 0) is 39.3 Å². The van der Waals surface area contributed by atoms with Crippen LogP contribution in [0.3, 0.4) is 0 Å². The van der Waals surface area contributed by atoms with Crippen LogP contribution in [0.5, 0.6) is 0 Å². The zero-order valence-electron chi connectivity index (χ0n) is 17.4. The van der Waals surface area contributed by atoms with E-state index >= 15 is 0 Å². The normalized spacial score (nSPS) is 14.4. The average Bonchev–Trinajstić information content (AvgIpc) is 3.21. The van der Waals surface area contributed by atoms with Gasteiger partial charge in [0.2, 0.25) is 0 Å². The lowest BCUT2D eigenvalue weighted by atomic mass is 9.79. The highest BCUT2D eigenvalue weighted by atomic mass is 32.1. The molecule has 30 heavy (non-hydrogen) atoms. The Morgan fingerprint density at radius 3 is 2.20 bits per heavy atom. The van der Waals surface area contributed by atoms with Crippen LogP contribution in [0.15, 0.2) is 58.4 Å². The second kappa shape index (κ2) is 9.58. The maximum absolute atomic E-state index is 12.9. The van der Waals surface area contributed by atoms with E-state index in [2.05, 4.69) is 15.6 Å². The Hall–Kier alpha value is -3.13. The number of para-hydroxylation sites is 1. The van der Waals surface area contributed by atoms with E-state index in [0.29, 0.717) is 27.7 Å². The zero-order chi connectivity index (χ0) is 21.7. The van der Waals surface area contributed by atoms with Crippen molar-refractivity contribution in [3.05, 3.63) is 63.9 Å². The molecule has 8 heteroatoms. The van der Waals surface area contributed by atoms with Crippen molar-refractivity contribution in [2.75, 3.05) is 18.5 Å². The van der Waals surface area contributed by atoms with E-state index in [1.54, 1.807) is 20.0 Å². The van der Waals surface area contributed by atoms with Crippen molar-refractivity contribution in [3.8, 4) is 0 Å². The van der Waals surface area contributed by atoms with Gasteiger partial charge in [-0.25, -0.2) is 14.6 Å². The first kappa shape index (κ1) is 21.6. The fraction of sp³-hybridized carbons (Fsp3) is 0.318. The monoisotopic (exact) mass is 427 g/mol. The maximum atomic E-state index is 12.9. The second-order valence-corrected chi connectivity index (χ2v) is 7.52. The lowest BCUT2D eigenvalue weighted by Crippen LogP contribution is -2.32. The number of dihydropyridines is 1. The average molecular weight is 428 g/mol. The molecule has 7 nitrogen and oxygen atoms in total. The number of hydrogen-bond acceptors (Lipinski definition) is 8. The number of carbonyl (C=O) groups is 2. The molecule has 3 rings (SSSR count). The van der Waals surface area contributed by atoms with Crippen LogP contribution in [0, 0.1) is 0 Å². The highest BCUT2D eigenvalue weighted by Crippen LogP contribution is 2.42. The van der Waals surface area contributed by atoms with Crippen LogP contribution in [0.1, 0.15) is 39.2 Å². The number of rotatable bonds is 7. The molecule has 1 aliphatic rings. The van der Waals surface area contributed by atoms with Crippen LogP contribution in [0.2, 0.25) is 0 Å². The van der Waals surface area contributed by atoms with Gasteiger partial charge < -0.3 is 20.1 Å². The molecule has 1 aromatic heterocycles. The fourth-order valence-corrected chi connectivity index (χ4v) is 4.07. The number of carbonyl (C=O) groups excluding carboxylic acids is 2. The third-order valence-corrected chi connectivity index (χ3v) is 5.39. The third kappa shape index (κ3) is 4.38. The SMILES string of the molecule is CCOC(=O)C1=C(C)NC(C)=C(C(=O)OCC)C1c1ccccc1Nc1nccs1. The molecule has 0 saturated carbocycles.